The van der Waals surface area contributed by atoms with Crippen LogP contribution in [0.4, 0.5) is 0 Å². The summed E-state index contributed by atoms with van der Waals surface area (Å²) in [5.41, 5.74) is 1.60. The van der Waals surface area contributed by atoms with E-state index in [0.29, 0.717) is 41.8 Å². The maximum Gasteiger partial charge on any atom is 0.307 e. The molecule has 7 heteroatoms. The van der Waals surface area contributed by atoms with Crippen molar-refractivity contribution in [1.29, 1.82) is 0 Å². The van der Waals surface area contributed by atoms with E-state index in [2.05, 4.69) is 5.32 Å². The lowest BCUT2D eigenvalue weighted by atomic mass is 9.94. The van der Waals surface area contributed by atoms with E-state index in [1.54, 1.807) is 30.3 Å². The number of amides is 1. The van der Waals surface area contributed by atoms with E-state index in [0.717, 1.165) is 5.56 Å². The van der Waals surface area contributed by atoms with Gasteiger partial charge in [0.25, 0.3) is 0 Å². The maximum atomic E-state index is 12.7. The highest BCUT2D eigenvalue weighted by molar-refractivity contribution is 6.30. The number of halogens is 1. The number of esters is 1. The Kier molecular flexibility index (Phi) is 4.90. The Morgan fingerprint density at radius 3 is 2.74 bits per heavy atom. The van der Waals surface area contributed by atoms with Gasteiger partial charge in [-0.2, -0.15) is 0 Å². The fraction of sp³-hybridized carbons (Fsp3) is 0.300. The quantitative estimate of drug-likeness (QED) is 0.816. The van der Waals surface area contributed by atoms with Crippen molar-refractivity contribution >= 4 is 23.5 Å². The number of carbonyl (C=O) groups excluding carboxylic acids is 2. The van der Waals surface area contributed by atoms with E-state index in [1.807, 2.05) is 12.1 Å². The van der Waals surface area contributed by atoms with Crippen molar-refractivity contribution < 1.29 is 23.8 Å². The Morgan fingerprint density at radius 2 is 1.93 bits per heavy atom. The van der Waals surface area contributed by atoms with Gasteiger partial charge in [-0.15, -0.1) is 0 Å². The molecule has 2 atom stereocenters. The minimum atomic E-state index is -0.646. The van der Waals surface area contributed by atoms with Crippen molar-refractivity contribution in [1.82, 2.24) is 5.32 Å². The zero-order valence-corrected chi connectivity index (χ0v) is 15.2. The lowest BCUT2D eigenvalue weighted by Gasteiger charge is -2.22. The maximum absolute atomic E-state index is 12.7. The van der Waals surface area contributed by atoms with Crippen LogP contribution in [-0.4, -0.2) is 25.1 Å². The molecule has 6 nitrogen and oxygen atoms in total. The zero-order chi connectivity index (χ0) is 18.8. The Hall–Kier alpha value is -2.73. The highest BCUT2D eigenvalue weighted by atomic mass is 35.5. The van der Waals surface area contributed by atoms with Crippen LogP contribution in [0.2, 0.25) is 5.02 Å². The molecule has 0 spiro atoms. The number of benzene rings is 2. The molecule has 2 aliphatic rings. The number of hydrogen-bond acceptors (Lipinski definition) is 5. The van der Waals surface area contributed by atoms with E-state index in [9.17, 15) is 9.59 Å². The first-order valence-corrected chi connectivity index (χ1v) is 9.09. The molecule has 1 N–H and O–H groups in total. The summed E-state index contributed by atoms with van der Waals surface area (Å²) in [4.78, 5) is 24.6. The summed E-state index contributed by atoms with van der Waals surface area (Å²) in [6.45, 7) is 1.29. The number of nitrogens with one attached hydrogen (secondary N) is 1. The van der Waals surface area contributed by atoms with Gasteiger partial charge in [-0.3, -0.25) is 9.59 Å². The van der Waals surface area contributed by atoms with Crippen LogP contribution in [0, 0.1) is 5.92 Å². The van der Waals surface area contributed by atoms with E-state index < -0.39 is 18.0 Å². The summed E-state index contributed by atoms with van der Waals surface area (Å²) >= 11 is 5.97. The molecule has 1 saturated heterocycles. The van der Waals surface area contributed by atoms with Gasteiger partial charge in [0, 0.05) is 11.6 Å². The zero-order valence-electron chi connectivity index (χ0n) is 14.4. The molecule has 4 rings (SSSR count). The average Bonchev–Trinajstić information content (AvgIpc) is 3.07. The van der Waals surface area contributed by atoms with Gasteiger partial charge >= 0.3 is 5.97 Å². The Bertz CT molecular complexity index is 884. The molecule has 27 heavy (non-hydrogen) atoms. The van der Waals surface area contributed by atoms with E-state index in [1.165, 1.54) is 0 Å². The highest BCUT2D eigenvalue weighted by Crippen LogP contribution is 2.40. The molecule has 2 aromatic rings. The summed E-state index contributed by atoms with van der Waals surface area (Å²) in [7, 11) is 0. The predicted molar refractivity (Wildman–Crippen MR) is 97.7 cm³/mol. The minimum Gasteiger partial charge on any atom is -0.486 e. The molecule has 0 aromatic heterocycles. The topological polar surface area (TPSA) is 73.9 Å². The Balaban J connectivity index is 1.49. The number of rotatable bonds is 4. The SMILES string of the molecule is O=C1C[C@H](C(=O)NCc2cccc(Cl)c2)[C@@H](c2ccc3c(c2)OCCO3)O1. The second-order valence-electron chi connectivity index (χ2n) is 6.47. The van der Waals surface area contributed by atoms with Gasteiger partial charge in [-0.05, 0) is 35.4 Å². The molecule has 0 radical (unpaired) electrons. The highest BCUT2D eigenvalue weighted by Gasteiger charge is 2.41. The Morgan fingerprint density at radius 1 is 1.11 bits per heavy atom. The van der Waals surface area contributed by atoms with Crippen molar-refractivity contribution in [3.8, 4) is 11.5 Å². The van der Waals surface area contributed by atoms with Gasteiger partial charge in [0.05, 0.1) is 12.3 Å². The van der Waals surface area contributed by atoms with Crippen LogP contribution in [0.1, 0.15) is 23.7 Å². The van der Waals surface area contributed by atoms with Crippen molar-refractivity contribution in [3.05, 3.63) is 58.6 Å². The van der Waals surface area contributed by atoms with Crippen LogP contribution < -0.4 is 14.8 Å². The number of hydrogen-bond donors (Lipinski definition) is 1. The summed E-state index contributed by atoms with van der Waals surface area (Å²) in [5.74, 6) is 0.0221. The largest absolute Gasteiger partial charge is 0.486 e. The fourth-order valence-electron chi connectivity index (χ4n) is 3.29. The van der Waals surface area contributed by atoms with Crippen LogP contribution in [0.25, 0.3) is 0 Å². The van der Waals surface area contributed by atoms with Gasteiger partial charge in [0.1, 0.15) is 19.3 Å². The lowest BCUT2D eigenvalue weighted by Crippen LogP contribution is -2.32. The summed E-state index contributed by atoms with van der Waals surface area (Å²) in [5, 5.41) is 3.47. The average molecular weight is 388 g/mol. The first-order chi connectivity index (χ1) is 13.1. The van der Waals surface area contributed by atoms with Gasteiger partial charge in [-0.1, -0.05) is 29.8 Å². The van der Waals surface area contributed by atoms with Gasteiger partial charge in [-0.25, -0.2) is 0 Å². The van der Waals surface area contributed by atoms with E-state index in [-0.39, 0.29) is 12.3 Å². The first-order valence-electron chi connectivity index (χ1n) is 8.71. The van der Waals surface area contributed by atoms with Crippen molar-refractivity contribution in [2.24, 2.45) is 5.92 Å². The first kappa shape index (κ1) is 17.7. The molecule has 0 unspecified atom stereocenters. The van der Waals surface area contributed by atoms with E-state index in [4.69, 9.17) is 25.8 Å². The lowest BCUT2D eigenvalue weighted by molar-refractivity contribution is -0.141. The third kappa shape index (κ3) is 3.85. The van der Waals surface area contributed by atoms with Gasteiger partial charge in [0.15, 0.2) is 11.5 Å². The van der Waals surface area contributed by atoms with Gasteiger partial charge in [0.2, 0.25) is 5.91 Å². The molecule has 2 heterocycles. The molecule has 2 aromatic carbocycles. The molecule has 1 amide bonds. The van der Waals surface area contributed by atoms with Crippen molar-refractivity contribution in [2.45, 2.75) is 19.1 Å². The fourth-order valence-corrected chi connectivity index (χ4v) is 3.51. The standard InChI is InChI=1S/C20H18ClNO5/c21-14-3-1-2-12(8-14)11-22-20(24)15-10-18(23)27-19(15)13-4-5-16-17(9-13)26-7-6-25-16/h1-5,8-9,15,19H,6-7,10-11H2,(H,22,24)/t15-,19+/m0/s1. The number of cyclic esters (lactones) is 1. The molecule has 1 fully saturated rings. The van der Waals surface area contributed by atoms with Gasteiger partial charge < -0.3 is 19.5 Å². The van der Waals surface area contributed by atoms with E-state index >= 15 is 0 Å². The molecule has 0 aliphatic carbocycles. The monoisotopic (exact) mass is 387 g/mol. The summed E-state index contributed by atoms with van der Waals surface area (Å²) in [6, 6.07) is 12.6. The molecular weight excluding hydrogens is 370 g/mol. The predicted octanol–water partition coefficient (Wildman–Crippen LogP) is 3.03. The van der Waals surface area contributed by atoms with Crippen LogP contribution in [0.15, 0.2) is 42.5 Å². The third-order valence-electron chi connectivity index (χ3n) is 4.60. The smallest absolute Gasteiger partial charge is 0.307 e. The van der Waals surface area contributed by atoms with Crippen molar-refractivity contribution in [2.75, 3.05) is 13.2 Å². The number of ether oxygens (including phenoxy) is 3. The third-order valence-corrected chi connectivity index (χ3v) is 4.83. The van der Waals surface area contributed by atoms with Crippen LogP contribution in [0.5, 0.6) is 11.5 Å². The van der Waals surface area contributed by atoms with Crippen molar-refractivity contribution in [3.63, 3.8) is 0 Å². The molecular formula is C20H18ClNO5. The Labute approximate surface area is 161 Å². The van der Waals surface area contributed by atoms with Crippen LogP contribution >= 0.6 is 11.6 Å². The molecule has 0 bridgehead atoms. The summed E-state index contributed by atoms with van der Waals surface area (Å²) < 4.78 is 16.5. The summed E-state index contributed by atoms with van der Waals surface area (Å²) in [6.07, 6.45) is -0.604. The number of fused-ring (bicyclic) bond motifs is 1. The molecule has 140 valence electrons. The molecule has 0 saturated carbocycles. The minimum absolute atomic E-state index is 0.0422. The van der Waals surface area contributed by atoms with Crippen LogP contribution in [0.3, 0.4) is 0 Å². The normalized spacial score (nSPS) is 20.9. The second-order valence-corrected chi connectivity index (χ2v) is 6.91. The number of carbonyl (C=O) groups is 2. The second kappa shape index (κ2) is 7.48. The van der Waals surface area contributed by atoms with Crippen LogP contribution in [-0.2, 0) is 20.9 Å². The molecule has 2 aliphatic heterocycles.